The minimum Gasteiger partial charge on any atom is -0.325 e. The van der Waals surface area contributed by atoms with Crippen molar-refractivity contribution in [3.8, 4) is 5.13 Å². The number of rotatable bonds is 3. The molecule has 0 aromatic carbocycles. The zero-order valence-corrected chi connectivity index (χ0v) is 13.7. The van der Waals surface area contributed by atoms with Crippen LogP contribution in [-0.2, 0) is 19.4 Å². The van der Waals surface area contributed by atoms with Crippen LogP contribution in [0.4, 0.5) is 0 Å². The monoisotopic (exact) mass is 317 g/mol. The van der Waals surface area contributed by atoms with Crippen LogP contribution in [0.15, 0.2) is 0 Å². The van der Waals surface area contributed by atoms with Crippen molar-refractivity contribution in [2.75, 3.05) is 0 Å². The molecule has 4 rings (SSSR count). The van der Waals surface area contributed by atoms with Gasteiger partial charge in [0.15, 0.2) is 0 Å². The van der Waals surface area contributed by atoms with E-state index in [1.165, 1.54) is 67.6 Å². The SMILES string of the molecule is NCc1nnn(-c2nc3c(s2)CCCC3)c1C1CCCCC1. The summed E-state index contributed by atoms with van der Waals surface area (Å²) in [7, 11) is 0. The Hall–Kier alpha value is -1.27. The van der Waals surface area contributed by atoms with Crippen molar-refractivity contribution in [2.45, 2.75) is 70.3 Å². The van der Waals surface area contributed by atoms with Crippen LogP contribution in [0.25, 0.3) is 5.13 Å². The Morgan fingerprint density at radius 1 is 1.09 bits per heavy atom. The zero-order chi connectivity index (χ0) is 14.9. The lowest BCUT2D eigenvalue weighted by atomic mass is 9.86. The van der Waals surface area contributed by atoms with Gasteiger partial charge in [-0.15, -0.1) is 5.10 Å². The van der Waals surface area contributed by atoms with E-state index in [0.717, 1.165) is 17.2 Å². The first kappa shape index (κ1) is 14.3. The van der Waals surface area contributed by atoms with E-state index in [1.54, 1.807) is 11.3 Å². The Bertz CT molecular complexity index is 630. The summed E-state index contributed by atoms with van der Waals surface area (Å²) in [6.07, 6.45) is 11.2. The number of thiazole rings is 1. The van der Waals surface area contributed by atoms with E-state index in [2.05, 4.69) is 10.3 Å². The van der Waals surface area contributed by atoms with Gasteiger partial charge < -0.3 is 5.73 Å². The summed E-state index contributed by atoms with van der Waals surface area (Å²) in [6.45, 7) is 0.469. The van der Waals surface area contributed by atoms with E-state index >= 15 is 0 Å². The second-order valence-electron chi connectivity index (χ2n) is 6.45. The Labute approximate surface area is 134 Å². The molecule has 0 saturated heterocycles. The van der Waals surface area contributed by atoms with Crippen molar-refractivity contribution >= 4 is 11.3 Å². The highest BCUT2D eigenvalue weighted by atomic mass is 32.1. The molecule has 22 heavy (non-hydrogen) atoms. The molecule has 118 valence electrons. The van der Waals surface area contributed by atoms with Crippen LogP contribution < -0.4 is 5.73 Å². The lowest BCUT2D eigenvalue weighted by Crippen LogP contribution is -2.14. The summed E-state index contributed by atoms with van der Waals surface area (Å²) in [5, 5.41) is 9.76. The minimum absolute atomic E-state index is 0.469. The predicted molar refractivity (Wildman–Crippen MR) is 87.4 cm³/mol. The molecule has 0 atom stereocenters. The first-order chi connectivity index (χ1) is 10.9. The van der Waals surface area contributed by atoms with Gasteiger partial charge in [0.25, 0.3) is 0 Å². The van der Waals surface area contributed by atoms with Crippen molar-refractivity contribution in [2.24, 2.45) is 5.73 Å². The third-order valence-corrected chi connectivity index (χ3v) is 6.11. The fourth-order valence-corrected chi connectivity index (χ4v) is 4.93. The van der Waals surface area contributed by atoms with E-state index < -0.39 is 0 Å². The molecule has 2 heterocycles. The van der Waals surface area contributed by atoms with E-state index in [1.807, 2.05) is 4.68 Å². The van der Waals surface area contributed by atoms with Crippen molar-refractivity contribution in [1.82, 2.24) is 20.0 Å². The Balaban J connectivity index is 1.74. The third kappa shape index (κ3) is 2.48. The summed E-state index contributed by atoms with van der Waals surface area (Å²) in [6, 6.07) is 0. The smallest absolute Gasteiger partial charge is 0.212 e. The van der Waals surface area contributed by atoms with Crippen molar-refractivity contribution in [1.29, 1.82) is 0 Å². The van der Waals surface area contributed by atoms with E-state index in [9.17, 15) is 0 Å². The molecule has 2 N–H and O–H groups in total. The van der Waals surface area contributed by atoms with Crippen LogP contribution in [0.2, 0.25) is 0 Å². The summed E-state index contributed by atoms with van der Waals surface area (Å²) >= 11 is 1.80. The fourth-order valence-electron chi connectivity index (χ4n) is 3.82. The van der Waals surface area contributed by atoms with Crippen LogP contribution in [0.1, 0.15) is 72.8 Å². The molecule has 2 aromatic rings. The summed E-state index contributed by atoms with van der Waals surface area (Å²) in [5.41, 5.74) is 9.38. The topological polar surface area (TPSA) is 69.6 Å². The van der Waals surface area contributed by atoms with Gasteiger partial charge in [0, 0.05) is 17.3 Å². The first-order valence-electron chi connectivity index (χ1n) is 8.50. The van der Waals surface area contributed by atoms with E-state index in [-0.39, 0.29) is 0 Å². The number of fused-ring (bicyclic) bond motifs is 1. The highest BCUT2D eigenvalue weighted by molar-refractivity contribution is 7.14. The number of nitrogens with two attached hydrogens (primary N) is 1. The molecule has 0 spiro atoms. The van der Waals surface area contributed by atoms with Gasteiger partial charge in [-0.2, -0.15) is 4.68 Å². The number of aryl methyl sites for hydroxylation is 2. The average Bonchev–Trinajstić information content (AvgIpc) is 3.18. The highest BCUT2D eigenvalue weighted by Gasteiger charge is 2.26. The second-order valence-corrected chi connectivity index (χ2v) is 7.51. The van der Waals surface area contributed by atoms with Gasteiger partial charge >= 0.3 is 0 Å². The summed E-state index contributed by atoms with van der Waals surface area (Å²) < 4.78 is 2.00. The first-order valence-corrected chi connectivity index (χ1v) is 9.32. The number of aromatic nitrogens is 4. The van der Waals surface area contributed by atoms with Gasteiger partial charge in [-0.25, -0.2) is 4.98 Å². The van der Waals surface area contributed by atoms with E-state index in [0.29, 0.717) is 12.5 Å². The van der Waals surface area contributed by atoms with Gasteiger partial charge in [-0.3, -0.25) is 0 Å². The highest BCUT2D eigenvalue weighted by Crippen LogP contribution is 2.36. The van der Waals surface area contributed by atoms with Gasteiger partial charge in [-0.1, -0.05) is 35.8 Å². The minimum atomic E-state index is 0.469. The van der Waals surface area contributed by atoms with Crippen molar-refractivity contribution in [3.05, 3.63) is 22.0 Å². The van der Waals surface area contributed by atoms with Crippen LogP contribution in [0.5, 0.6) is 0 Å². The standard InChI is InChI=1S/C16H23N5S/c17-10-13-15(11-6-2-1-3-7-11)21(20-19-13)16-18-12-8-4-5-9-14(12)22-16/h11H,1-10,17H2. The van der Waals surface area contributed by atoms with Gasteiger partial charge in [-0.05, 0) is 38.5 Å². The van der Waals surface area contributed by atoms with Gasteiger partial charge in [0.2, 0.25) is 5.13 Å². The lowest BCUT2D eigenvalue weighted by molar-refractivity contribution is 0.427. The molecule has 2 aromatic heterocycles. The normalized spacial score (nSPS) is 19.3. The van der Waals surface area contributed by atoms with Gasteiger partial charge in [0.1, 0.15) is 5.69 Å². The van der Waals surface area contributed by atoms with Crippen molar-refractivity contribution < 1.29 is 0 Å². The lowest BCUT2D eigenvalue weighted by Gasteiger charge is -2.22. The number of hydrogen-bond donors (Lipinski definition) is 1. The molecule has 0 bridgehead atoms. The Kier molecular flexibility index (Phi) is 3.96. The molecule has 0 unspecified atom stereocenters. The predicted octanol–water partition coefficient (Wildman–Crippen LogP) is 3.11. The summed E-state index contributed by atoms with van der Waals surface area (Å²) in [4.78, 5) is 6.31. The van der Waals surface area contributed by atoms with E-state index in [4.69, 9.17) is 10.7 Å². The van der Waals surface area contributed by atoms with Crippen LogP contribution >= 0.6 is 11.3 Å². The second kappa shape index (κ2) is 6.08. The largest absolute Gasteiger partial charge is 0.325 e. The Morgan fingerprint density at radius 3 is 2.68 bits per heavy atom. The van der Waals surface area contributed by atoms with Crippen LogP contribution in [0, 0.1) is 0 Å². The third-order valence-electron chi connectivity index (χ3n) is 4.98. The van der Waals surface area contributed by atoms with Crippen molar-refractivity contribution in [3.63, 3.8) is 0 Å². The Morgan fingerprint density at radius 2 is 1.91 bits per heavy atom. The summed E-state index contributed by atoms with van der Waals surface area (Å²) in [5.74, 6) is 0.545. The zero-order valence-electron chi connectivity index (χ0n) is 12.9. The molecular weight excluding hydrogens is 294 g/mol. The molecule has 1 saturated carbocycles. The molecule has 6 heteroatoms. The maximum absolute atomic E-state index is 5.91. The quantitative estimate of drug-likeness (QED) is 0.944. The molecular formula is C16H23N5S. The fraction of sp³-hybridized carbons (Fsp3) is 0.688. The molecule has 2 aliphatic carbocycles. The van der Waals surface area contributed by atoms with Crippen LogP contribution in [0.3, 0.4) is 0 Å². The maximum Gasteiger partial charge on any atom is 0.212 e. The van der Waals surface area contributed by atoms with Gasteiger partial charge in [0.05, 0.1) is 11.4 Å². The number of nitrogens with zero attached hydrogens (tertiary/aromatic N) is 4. The number of hydrogen-bond acceptors (Lipinski definition) is 5. The molecule has 0 amide bonds. The maximum atomic E-state index is 5.91. The molecule has 5 nitrogen and oxygen atoms in total. The van der Waals surface area contributed by atoms with Crippen LogP contribution in [-0.4, -0.2) is 20.0 Å². The molecule has 2 aliphatic rings. The average molecular weight is 317 g/mol. The molecule has 0 aliphatic heterocycles. The molecule has 0 radical (unpaired) electrons. The molecule has 1 fully saturated rings.